The lowest BCUT2D eigenvalue weighted by molar-refractivity contribution is 0.0951. The summed E-state index contributed by atoms with van der Waals surface area (Å²) in [5.41, 5.74) is 2.03. The fourth-order valence-electron chi connectivity index (χ4n) is 3.93. The number of benzene rings is 1. The van der Waals surface area contributed by atoms with Gasteiger partial charge in [-0.25, -0.2) is 4.79 Å². The number of urea groups is 1. The monoisotopic (exact) mass is 505 g/mol. The summed E-state index contributed by atoms with van der Waals surface area (Å²) >= 11 is 7.49. The first-order valence-corrected chi connectivity index (χ1v) is 13.0. The van der Waals surface area contributed by atoms with E-state index in [4.69, 9.17) is 16.3 Å². The van der Waals surface area contributed by atoms with Gasteiger partial charge in [0.05, 0.1) is 0 Å². The van der Waals surface area contributed by atoms with Crippen molar-refractivity contribution >= 4 is 40.1 Å². The Morgan fingerprint density at radius 3 is 2.74 bits per heavy atom. The average molecular weight is 506 g/mol. The summed E-state index contributed by atoms with van der Waals surface area (Å²) in [7, 11) is 2.15. The van der Waals surface area contributed by atoms with E-state index in [2.05, 4.69) is 32.3 Å². The Bertz CT molecular complexity index is 1020. The lowest BCUT2D eigenvalue weighted by Gasteiger charge is -2.28. The van der Waals surface area contributed by atoms with Crippen LogP contribution in [-0.4, -0.2) is 53.9 Å². The molecule has 0 spiro atoms. The van der Waals surface area contributed by atoms with E-state index in [1.54, 1.807) is 18.2 Å². The minimum Gasteiger partial charge on any atom is -0.472 e. The van der Waals surface area contributed by atoms with E-state index >= 15 is 0 Å². The van der Waals surface area contributed by atoms with Crippen molar-refractivity contribution in [1.82, 2.24) is 19.9 Å². The third kappa shape index (κ3) is 6.84. The molecule has 2 aromatic rings. The van der Waals surface area contributed by atoms with Gasteiger partial charge in [-0.2, -0.15) is 4.37 Å². The number of ether oxygens (including phenoxy) is 1. The molecule has 34 heavy (non-hydrogen) atoms. The van der Waals surface area contributed by atoms with Gasteiger partial charge in [0.25, 0.3) is 5.91 Å². The molecule has 0 unspecified atom stereocenters. The van der Waals surface area contributed by atoms with Crippen molar-refractivity contribution in [2.45, 2.75) is 51.7 Å². The molecule has 0 atom stereocenters. The number of rotatable bonds is 9. The number of anilines is 1. The van der Waals surface area contributed by atoms with Crippen LogP contribution in [0.5, 0.6) is 5.88 Å². The number of nitrogens with one attached hydrogen (secondary N) is 3. The number of hydrogen-bond donors (Lipinski definition) is 3. The quantitative estimate of drug-likeness (QED) is 0.468. The summed E-state index contributed by atoms with van der Waals surface area (Å²) in [6.45, 7) is 4.95. The summed E-state index contributed by atoms with van der Waals surface area (Å²) in [5, 5.41) is 9.97. The molecule has 1 saturated heterocycles. The molecule has 4 rings (SSSR count). The number of amides is 3. The van der Waals surface area contributed by atoms with Crippen LogP contribution < -0.4 is 20.7 Å². The second-order valence-electron chi connectivity index (χ2n) is 9.20. The van der Waals surface area contributed by atoms with E-state index < -0.39 is 0 Å². The number of nitrogens with zero attached hydrogens (tertiary/aromatic N) is 2. The van der Waals surface area contributed by atoms with Crippen molar-refractivity contribution in [2.75, 3.05) is 32.0 Å². The SMILES string of the molecule is Cc1c(OCc2cc(C(=O)NC3CC3)ccc2Cl)nsc1NC(=O)NCCC1CCN(C)CC1. The standard InChI is InChI=1S/C24H32ClN5O3S/c1-15-22(33-14-18-13-17(3-6-20(18)25)21(31)27-19-4-5-19)29-34-23(15)28-24(32)26-10-7-16-8-11-30(2)12-9-16/h3,6,13,16,19H,4-5,7-12,14H2,1-2H3,(H,27,31)(H2,26,28,32). The first kappa shape index (κ1) is 24.8. The maximum atomic E-state index is 12.3. The Labute approximate surface area is 209 Å². The van der Waals surface area contributed by atoms with Gasteiger partial charge in [-0.1, -0.05) is 11.6 Å². The lowest BCUT2D eigenvalue weighted by Crippen LogP contribution is -2.34. The smallest absolute Gasteiger partial charge is 0.319 e. The van der Waals surface area contributed by atoms with Crippen LogP contribution in [0.4, 0.5) is 9.80 Å². The van der Waals surface area contributed by atoms with Crippen molar-refractivity contribution in [3.8, 4) is 5.88 Å². The van der Waals surface area contributed by atoms with Gasteiger partial charge in [0.2, 0.25) is 5.88 Å². The number of carbonyl (C=O) groups excluding carboxylic acids is 2. The number of piperidine rings is 1. The van der Waals surface area contributed by atoms with Gasteiger partial charge in [-0.05, 0) is 94.8 Å². The topological polar surface area (TPSA) is 95.6 Å². The Hall–Kier alpha value is -2.36. The van der Waals surface area contributed by atoms with Crippen LogP contribution in [0.3, 0.4) is 0 Å². The molecule has 0 radical (unpaired) electrons. The van der Waals surface area contributed by atoms with E-state index in [1.807, 2.05) is 6.92 Å². The molecule has 8 nitrogen and oxygen atoms in total. The van der Waals surface area contributed by atoms with Crippen LogP contribution in [-0.2, 0) is 6.61 Å². The first-order chi connectivity index (χ1) is 16.4. The van der Waals surface area contributed by atoms with Gasteiger partial charge in [0, 0.05) is 34.3 Å². The van der Waals surface area contributed by atoms with Gasteiger partial charge < -0.3 is 20.3 Å². The molecule has 0 bridgehead atoms. The predicted molar refractivity (Wildman–Crippen MR) is 135 cm³/mol. The zero-order valence-corrected chi connectivity index (χ0v) is 21.2. The van der Waals surface area contributed by atoms with Crippen LogP contribution in [0.1, 0.15) is 53.6 Å². The molecule has 2 aliphatic rings. The molecule has 2 fully saturated rings. The lowest BCUT2D eigenvalue weighted by atomic mass is 9.94. The summed E-state index contributed by atoms with van der Waals surface area (Å²) < 4.78 is 10.2. The van der Waals surface area contributed by atoms with Crippen LogP contribution in [0.25, 0.3) is 0 Å². The summed E-state index contributed by atoms with van der Waals surface area (Å²) in [4.78, 5) is 27.0. The Morgan fingerprint density at radius 1 is 1.24 bits per heavy atom. The highest BCUT2D eigenvalue weighted by atomic mass is 35.5. The number of likely N-dealkylation sites (tertiary alicyclic amines) is 1. The van der Waals surface area contributed by atoms with Gasteiger partial charge in [0.1, 0.15) is 11.6 Å². The molecular formula is C24H32ClN5O3S. The van der Waals surface area contributed by atoms with E-state index in [0.717, 1.165) is 37.9 Å². The highest BCUT2D eigenvalue weighted by Gasteiger charge is 2.24. The molecule has 1 aromatic carbocycles. The molecule has 184 valence electrons. The van der Waals surface area contributed by atoms with Crippen molar-refractivity contribution in [3.63, 3.8) is 0 Å². The second kappa shape index (κ2) is 11.4. The van der Waals surface area contributed by atoms with E-state index in [1.165, 1.54) is 24.4 Å². The van der Waals surface area contributed by atoms with E-state index in [9.17, 15) is 9.59 Å². The maximum absolute atomic E-state index is 12.3. The molecule has 10 heteroatoms. The molecule has 1 aromatic heterocycles. The van der Waals surface area contributed by atoms with Crippen molar-refractivity contribution in [1.29, 1.82) is 0 Å². The number of hydrogen-bond acceptors (Lipinski definition) is 6. The third-order valence-corrected chi connectivity index (χ3v) is 7.59. The first-order valence-electron chi connectivity index (χ1n) is 11.8. The summed E-state index contributed by atoms with van der Waals surface area (Å²) in [6, 6.07) is 5.23. The minimum absolute atomic E-state index is 0.0985. The van der Waals surface area contributed by atoms with Crippen LogP contribution in [0, 0.1) is 12.8 Å². The summed E-state index contributed by atoms with van der Waals surface area (Å²) in [5.74, 6) is 1.01. The molecule has 1 saturated carbocycles. The van der Waals surface area contributed by atoms with Gasteiger partial charge in [-0.3, -0.25) is 10.1 Å². The fourth-order valence-corrected chi connectivity index (χ4v) is 4.83. The third-order valence-electron chi connectivity index (χ3n) is 6.37. The molecule has 2 heterocycles. The highest BCUT2D eigenvalue weighted by Crippen LogP contribution is 2.31. The molecule has 1 aliphatic carbocycles. The molecule has 3 amide bonds. The van der Waals surface area contributed by atoms with Crippen LogP contribution in [0.2, 0.25) is 5.02 Å². The molecule has 3 N–H and O–H groups in total. The van der Waals surface area contributed by atoms with Crippen LogP contribution >= 0.6 is 23.1 Å². The zero-order chi connectivity index (χ0) is 24.1. The van der Waals surface area contributed by atoms with E-state index in [0.29, 0.717) is 39.5 Å². The zero-order valence-electron chi connectivity index (χ0n) is 19.7. The largest absolute Gasteiger partial charge is 0.472 e. The van der Waals surface area contributed by atoms with Crippen LogP contribution in [0.15, 0.2) is 18.2 Å². The van der Waals surface area contributed by atoms with Gasteiger partial charge in [-0.15, -0.1) is 0 Å². The van der Waals surface area contributed by atoms with Crippen molar-refractivity contribution < 1.29 is 14.3 Å². The average Bonchev–Trinajstić information content (AvgIpc) is 3.57. The van der Waals surface area contributed by atoms with E-state index in [-0.39, 0.29) is 24.6 Å². The number of halogens is 1. The van der Waals surface area contributed by atoms with Crippen molar-refractivity contribution in [3.05, 3.63) is 39.9 Å². The Morgan fingerprint density at radius 2 is 2.00 bits per heavy atom. The Kier molecular flexibility index (Phi) is 8.28. The molecule has 1 aliphatic heterocycles. The van der Waals surface area contributed by atoms with Gasteiger partial charge >= 0.3 is 6.03 Å². The number of aromatic nitrogens is 1. The fraction of sp³-hybridized carbons (Fsp3) is 0.542. The Balaban J connectivity index is 1.25. The molecular weight excluding hydrogens is 474 g/mol. The highest BCUT2D eigenvalue weighted by molar-refractivity contribution is 7.10. The van der Waals surface area contributed by atoms with Gasteiger partial charge in [0.15, 0.2) is 0 Å². The predicted octanol–water partition coefficient (Wildman–Crippen LogP) is 4.43. The second-order valence-corrected chi connectivity index (χ2v) is 10.4. The summed E-state index contributed by atoms with van der Waals surface area (Å²) in [6.07, 6.45) is 5.44. The normalized spacial score (nSPS) is 16.8. The number of carbonyl (C=O) groups is 2. The minimum atomic E-state index is -0.233. The maximum Gasteiger partial charge on any atom is 0.319 e. The van der Waals surface area contributed by atoms with Crippen molar-refractivity contribution in [2.24, 2.45) is 5.92 Å².